The number of carbonyl (C=O) groups excluding carboxylic acids is 1. The van der Waals surface area contributed by atoms with E-state index in [-0.39, 0.29) is 24.0 Å². The Labute approximate surface area is 235 Å². The van der Waals surface area contributed by atoms with Gasteiger partial charge in [0.1, 0.15) is 18.0 Å². The van der Waals surface area contributed by atoms with E-state index in [0.717, 1.165) is 35.3 Å². The number of hydrogen-bond donors (Lipinski definition) is 3. The monoisotopic (exact) mass is 559 g/mol. The molecule has 1 unspecified atom stereocenters. The second kappa shape index (κ2) is 10.4. The van der Waals surface area contributed by atoms with Crippen molar-refractivity contribution in [3.05, 3.63) is 94.0 Å². The summed E-state index contributed by atoms with van der Waals surface area (Å²) in [5, 5.41) is 5.08. The molecule has 3 atom stereocenters. The highest BCUT2D eigenvalue weighted by molar-refractivity contribution is 6.35. The second-order valence-corrected chi connectivity index (χ2v) is 10.7. The maximum absolute atomic E-state index is 13.7. The van der Waals surface area contributed by atoms with Crippen LogP contribution in [0.3, 0.4) is 0 Å². The molecule has 1 aliphatic rings. The van der Waals surface area contributed by atoms with Gasteiger partial charge in [0, 0.05) is 17.0 Å². The van der Waals surface area contributed by atoms with Crippen molar-refractivity contribution in [1.29, 1.82) is 0 Å². The third kappa shape index (κ3) is 4.91. The van der Waals surface area contributed by atoms with E-state index in [2.05, 4.69) is 25.3 Å². The third-order valence-electron chi connectivity index (χ3n) is 7.34. The van der Waals surface area contributed by atoms with E-state index in [9.17, 15) is 4.79 Å². The van der Waals surface area contributed by atoms with Crippen LogP contribution in [0.4, 0.5) is 5.82 Å². The summed E-state index contributed by atoms with van der Waals surface area (Å²) in [5.41, 5.74) is 10.3. The largest absolute Gasteiger partial charge is 0.360 e. The first-order chi connectivity index (χ1) is 18.9. The van der Waals surface area contributed by atoms with Gasteiger partial charge in [-0.2, -0.15) is 0 Å². The van der Waals surface area contributed by atoms with Crippen molar-refractivity contribution in [1.82, 2.24) is 24.8 Å². The molecular formula is C29H27Cl2N7O. The van der Waals surface area contributed by atoms with Crippen molar-refractivity contribution in [2.45, 2.75) is 37.9 Å². The van der Waals surface area contributed by atoms with E-state index in [1.807, 2.05) is 60.4 Å². The highest BCUT2D eigenvalue weighted by Crippen LogP contribution is 2.33. The van der Waals surface area contributed by atoms with Gasteiger partial charge < -0.3 is 20.9 Å². The fraction of sp³-hybridized carbons (Fsp3) is 0.241. The van der Waals surface area contributed by atoms with E-state index in [1.54, 1.807) is 12.1 Å². The van der Waals surface area contributed by atoms with Crippen molar-refractivity contribution in [3.63, 3.8) is 0 Å². The van der Waals surface area contributed by atoms with E-state index < -0.39 is 0 Å². The summed E-state index contributed by atoms with van der Waals surface area (Å²) in [6.07, 6.45) is 3.21. The van der Waals surface area contributed by atoms with Gasteiger partial charge in [-0.05, 0) is 55.7 Å². The van der Waals surface area contributed by atoms with Crippen LogP contribution in [-0.2, 0) is 0 Å². The second-order valence-electron chi connectivity index (χ2n) is 9.87. The third-order valence-corrected chi connectivity index (χ3v) is 7.89. The zero-order valence-corrected chi connectivity index (χ0v) is 22.7. The Hall–Kier alpha value is -3.72. The minimum Gasteiger partial charge on any atom is -0.360 e. The fourth-order valence-corrected chi connectivity index (χ4v) is 5.71. The number of aromatic amines is 1. The van der Waals surface area contributed by atoms with Gasteiger partial charge in [-0.25, -0.2) is 15.0 Å². The molecule has 6 rings (SSSR count). The topological polar surface area (TPSA) is 113 Å². The van der Waals surface area contributed by atoms with Crippen molar-refractivity contribution in [2.75, 3.05) is 11.9 Å². The normalized spacial score (nSPS) is 17.0. The van der Waals surface area contributed by atoms with E-state index in [0.29, 0.717) is 38.9 Å². The standard InChI is InChI=1S/C29H27Cl2N7O/c1-16(27-36-22-10-9-18(30)12-24(22)37-27)35-28-20-13-21(31)19(14-23(20)33-15-34-28)29(39)38-11-5-8-25(38)26(32)17-6-3-2-4-7-17/h2-4,6-7,9-10,12-16,25-26H,5,8,11,32H2,1H3,(H,36,37)(H,33,34,35)/t16-,25-,26?/m1/s1. The number of imidazole rings is 1. The fourth-order valence-electron chi connectivity index (χ4n) is 5.30. The lowest BCUT2D eigenvalue weighted by Gasteiger charge is -2.30. The molecule has 198 valence electrons. The number of benzene rings is 3. The predicted molar refractivity (Wildman–Crippen MR) is 155 cm³/mol. The van der Waals surface area contributed by atoms with Gasteiger partial charge in [0.2, 0.25) is 0 Å². The Morgan fingerprint density at radius 3 is 2.74 bits per heavy atom. The van der Waals surface area contributed by atoms with Crippen LogP contribution in [0, 0.1) is 0 Å². The molecule has 1 aliphatic heterocycles. The summed E-state index contributed by atoms with van der Waals surface area (Å²) in [6.45, 7) is 2.62. The molecule has 1 fully saturated rings. The Balaban J connectivity index is 1.27. The number of halogens is 2. The number of anilines is 1. The predicted octanol–water partition coefficient (Wildman–Crippen LogP) is 6.29. The zero-order chi connectivity index (χ0) is 27.1. The van der Waals surface area contributed by atoms with Crippen molar-refractivity contribution in [2.24, 2.45) is 5.73 Å². The summed E-state index contributed by atoms with van der Waals surface area (Å²) in [4.78, 5) is 32.4. The van der Waals surface area contributed by atoms with Crippen LogP contribution >= 0.6 is 23.2 Å². The highest BCUT2D eigenvalue weighted by atomic mass is 35.5. The average molecular weight is 560 g/mol. The Morgan fingerprint density at radius 1 is 1.10 bits per heavy atom. The van der Waals surface area contributed by atoms with Crippen LogP contribution in [-0.4, -0.2) is 43.3 Å². The van der Waals surface area contributed by atoms with Gasteiger partial charge in [-0.15, -0.1) is 0 Å². The van der Waals surface area contributed by atoms with Gasteiger partial charge in [-0.1, -0.05) is 53.5 Å². The molecule has 0 saturated carbocycles. The SMILES string of the molecule is C[C@@H](Nc1ncnc2cc(C(=O)N3CCC[C@@H]3C(N)c3ccccc3)c(Cl)cc12)c1nc2cc(Cl)ccc2[nH]1. The van der Waals surface area contributed by atoms with E-state index >= 15 is 0 Å². The number of nitrogens with one attached hydrogen (secondary N) is 2. The van der Waals surface area contributed by atoms with E-state index in [1.165, 1.54) is 6.33 Å². The van der Waals surface area contributed by atoms with Gasteiger partial charge >= 0.3 is 0 Å². The number of rotatable bonds is 6. The Bertz CT molecular complexity index is 1670. The maximum atomic E-state index is 13.7. The van der Waals surface area contributed by atoms with Gasteiger partial charge in [0.15, 0.2) is 0 Å². The van der Waals surface area contributed by atoms with Gasteiger partial charge in [0.05, 0.1) is 45.3 Å². The summed E-state index contributed by atoms with van der Waals surface area (Å²) in [5.74, 6) is 1.20. The first kappa shape index (κ1) is 25.6. The molecule has 3 heterocycles. The zero-order valence-electron chi connectivity index (χ0n) is 21.2. The van der Waals surface area contributed by atoms with Crippen LogP contribution in [0.25, 0.3) is 21.9 Å². The number of hydrogen-bond acceptors (Lipinski definition) is 6. The van der Waals surface area contributed by atoms with Crippen LogP contribution < -0.4 is 11.1 Å². The molecule has 39 heavy (non-hydrogen) atoms. The van der Waals surface area contributed by atoms with Crippen LogP contribution in [0.2, 0.25) is 10.0 Å². The number of nitrogens with zero attached hydrogens (tertiary/aromatic N) is 4. The van der Waals surface area contributed by atoms with Crippen molar-refractivity contribution >= 4 is 56.9 Å². The molecule has 8 nitrogen and oxygen atoms in total. The number of carbonyl (C=O) groups is 1. The van der Waals surface area contributed by atoms with Crippen molar-refractivity contribution in [3.8, 4) is 0 Å². The Morgan fingerprint density at radius 2 is 1.92 bits per heavy atom. The van der Waals surface area contributed by atoms with Crippen LogP contribution in [0.5, 0.6) is 0 Å². The quantitative estimate of drug-likeness (QED) is 0.225. The number of amides is 1. The lowest BCUT2D eigenvalue weighted by Crippen LogP contribution is -2.42. The minimum absolute atomic E-state index is 0.103. The molecule has 0 bridgehead atoms. The summed E-state index contributed by atoms with van der Waals surface area (Å²) in [6, 6.07) is 18.4. The molecule has 2 aromatic heterocycles. The van der Waals surface area contributed by atoms with Gasteiger partial charge in [0.25, 0.3) is 5.91 Å². The summed E-state index contributed by atoms with van der Waals surface area (Å²) in [7, 11) is 0. The number of likely N-dealkylation sites (tertiary alicyclic amines) is 1. The molecule has 3 aromatic carbocycles. The number of H-pyrrole nitrogens is 1. The number of fused-ring (bicyclic) bond motifs is 2. The summed E-state index contributed by atoms with van der Waals surface area (Å²) < 4.78 is 0. The van der Waals surface area contributed by atoms with Crippen molar-refractivity contribution < 1.29 is 4.79 Å². The highest BCUT2D eigenvalue weighted by Gasteiger charge is 2.35. The lowest BCUT2D eigenvalue weighted by atomic mass is 9.98. The van der Waals surface area contributed by atoms with Gasteiger partial charge in [-0.3, -0.25) is 4.79 Å². The molecule has 1 saturated heterocycles. The molecule has 1 amide bonds. The smallest absolute Gasteiger partial charge is 0.255 e. The molecule has 10 heteroatoms. The average Bonchev–Trinajstić information content (AvgIpc) is 3.60. The maximum Gasteiger partial charge on any atom is 0.255 e. The Kier molecular flexibility index (Phi) is 6.85. The molecule has 0 spiro atoms. The summed E-state index contributed by atoms with van der Waals surface area (Å²) >= 11 is 12.8. The number of nitrogens with two attached hydrogens (primary N) is 1. The molecule has 0 aliphatic carbocycles. The first-order valence-electron chi connectivity index (χ1n) is 12.9. The first-order valence-corrected chi connectivity index (χ1v) is 13.6. The minimum atomic E-state index is -0.272. The molecule has 4 N–H and O–H groups in total. The molecular weight excluding hydrogens is 533 g/mol. The van der Waals surface area contributed by atoms with Crippen LogP contribution in [0.15, 0.2) is 67.0 Å². The number of aromatic nitrogens is 4. The molecule has 5 aromatic rings. The lowest BCUT2D eigenvalue weighted by molar-refractivity contribution is 0.0717. The molecule has 0 radical (unpaired) electrons. The van der Waals surface area contributed by atoms with E-state index in [4.69, 9.17) is 28.9 Å². The van der Waals surface area contributed by atoms with Crippen LogP contribution in [0.1, 0.15) is 53.6 Å².